The normalized spacial score (nSPS) is 19.2. The number of halogens is 1. The molecule has 11 heteroatoms. The van der Waals surface area contributed by atoms with Crippen molar-refractivity contribution in [3.05, 3.63) is 53.2 Å². The summed E-state index contributed by atoms with van der Waals surface area (Å²) in [6.45, 7) is -0.132. The predicted octanol–water partition coefficient (Wildman–Crippen LogP) is 1.78. The van der Waals surface area contributed by atoms with E-state index in [4.69, 9.17) is 21.5 Å². The molecular formula is C18H16ClN5O4S. The van der Waals surface area contributed by atoms with E-state index in [1.165, 1.54) is 6.33 Å². The molecule has 0 saturated carbocycles. The van der Waals surface area contributed by atoms with Crippen molar-refractivity contribution < 1.29 is 17.3 Å². The van der Waals surface area contributed by atoms with E-state index < -0.39 is 10.3 Å². The van der Waals surface area contributed by atoms with E-state index in [1.807, 2.05) is 12.1 Å². The summed E-state index contributed by atoms with van der Waals surface area (Å²) in [5.41, 5.74) is 2.38. The number of nitrogens with zero attached hydrogens (tertiary/aromatic N) is 4. The highest BCUT2D eigenvalue weighted by atomic mass is 35.5. The Kier molecular flexibility index (Phi) is 5.49. The van der Waals surface area contributed by atoms with E-state index in [9.17, 15) is 8.42 Å². The lowest BCUT2D eigenvalue weighted by atomic mass is 10.2. The highest BCUT2D eigenvalue weighted by Gasteiger charge is 2.29. The van der Waals surface area contributed by atoms with Gasteiger partial charge in [-0.05, 0) is 37.0 Å². The zero-order valence-electron chi connectivity index (χ0n) is 15.0. The van der Waals surface area contributed by atoms with Crippen LogP contribution in [0.4, 0.5) is 0 Å². The fourth-order valence-corrected chi connectivity index (χ4v) is 3.57. The average molecular weight is 434 g/mol. The van der Waals surface area contributed by atoms with Crippen LogP contribution in [0.25, 0.3) is 11.2 Å². The van der Waals surface area contributed by atoms with Gasteiger partial charge in [-0.15, -0.1) is 0 Å². The first-order chi connectivity index (χ1) is 13.9. The van der Waals surface area contributed by atoms with Crippen LogP contribution in [0.5, 0.6) is 0 Å². The molecule has 2 atom stereocenters. The number of fused-ring (bicyclic) bond motifs is 1. The molecule has 0 unspecified atom stereocenters. The number of imidazole rings is 1. The maximum atomic E-state index is 10.9. The average Bonchev–Trinajstić information content (AvgIpc) is 3.31. The minimum Gasteiger partial charge on any atom is -0.352 e. The van der Waals surface area contributed by atoms with Gasteiger partial charge in [0.25, 0.3) is 0 Å². The third kappa shape index (κ3) is 4.72. The third-order valence-corrected chi connectivity index (χ3v) is 5.02. The molecule has 0 aliphatic carbocycles. The molecule has 1 saturated heterocycles. The molecule has 0 spiro atoms. The van der Waals surface area contributed by atoms with Gasteiger partial charge in [-0.3, -0.25) is 8.75 Å². The first kappa shape index (κ1) is 19.8. The van der Waals surface area contributed by atoms with Crippen LogP contribution in [0.15, 0.2) is 36.9 Å². The zero-order chi connectivity index (χ0) is 20.4. The van der Waals surface area contributed by atoms with Crippen molar-refractivity contribution in [1.82, 2.24) is 19.5 Å². The molecule has 150 valence electrons. The van der Waals surface area contributed by atoms with E-state index in [-0.39, 0.29) is 18.9 Å². The van der Waals surface area contributed by atoms with Gasteiger partial charge in [0.15, 0.2) is 5.65 Å². The third-order valence-electron chi connectivity index (χ3n) is 4.32. The summed E-state index contributed by atoms with van der Waals surface area (Å²) in [5.74, 6) is 6.02. The van der Waals surface area contributed by atoms with Crippen molar-refractivity contribution in [2.45, 2.75) is 25.2 Å². The number of aromatic nitrogens is 4. The Morgan fingerprint density at radius 2 is 2.14 bits per heavy atom. The molecule has 0 amide bonds. The molecule has 29 heavy (non-hydrogen) atoms. The van der Waals surface area contributed by atoms with Gasteiger partial charge in [0.2, 0.25) is 0 Å². The molecule has 1 fully saturated rings. The first-order valence-electron chi connectivity index (χ1n) is 8.67. The number of nitrogens with two attached hydrogens (primary N) is 1. The fourth-order valence-electron chi connectivity index (χ4n) is 3.04. The molecule has 1 aliphatic heterocycles. The van der Waals surface area contributed by atoms with Crippen molar-refractivity contribution in [2.75, 3.05) is 6.61 Å². The number of benzene rings is 1. The first-order valence-corrected chi connectivity index (χ1v) is 10.5. The van der Waals surface area contributed by atoms with Crippen LogP contribution in [-0.4, -0.2) is 40.6 Å². The molecule has 1 aliphatic rings. The van der Waals surface area contributed by atoms with Crippen LogP contribution in [0.3, 0.4) is 0 Å². The smallest absolute Gasteiger partial charge is 0.333 e. The van der Waals surface area contributed by atoms with Crippen LogP contribution in [0.2, 0.25) is 5.02 Å². The highest BCUT2D eigenvalue weighted by molar-refractivity contribution is 7.84. The highest BCUT2D eigenvalue weighted by Crippen LogP contribution is 2.30. The Morgan fingerprint density at radius 3 is 2.93 bits per heavy atom. The summed E-state index contributed by atoms with van der Waals surface area (Å²) in [6.07, 6.45) is 3.55. The van der Waals surface area contributed by atoms with Crippen molar-refractivity contribution in [3.63, 3.8) is 0 Å². The van der Waals surface area contributed by atoms with Crippen molar-refractivity contribution >= 4 is 33.1 Å². The molecule has 3 aromatic rings. The van der Waals surface area contributed by atoms with E-state index in [0.717, 1.165) is 5.56 Å². The molecule has 2 aromatic heterocycles. The Morgan fingerprint density at radius 1 is 1.28 bits per heavy atom. The molecule has 2 N–H and O–H groups in total. The van der Waals surface area contributed by atoms with Crippen LogP contribution in [0, 0.1) is 11.8 Å². The maximum Gasteiger partial charge on any atom is 0.333 e. The molecule has 3 heterocycles. The van der Waals surface area contributed by atoms with Crippen LogP contribution < -0.4 is 5.14 Å². The van der Waals surface area contributed by atoms with E-state index in [1.54, 1.807) is 23.0 Å². The quantitative estimate of drug-likeness (QED) is 0.622. The Bertz CT molecular complexity index is 1220. The van der Waals surface area contributed by atoms with Crippen molar-refractivity contribution in [2.24, 2.45) is 5.14 Å². The lowest BCUT2D eigenvalue weighted by molar-refractivity contribution is -0.0149. The molecule has 1 aromatic carbocycles. The van der Waals surface area contributed by atoms with Gasteiger partial charge in [-0.2, -0.15) is 8.42 Å². The standard InChI is InChI=1S/C18H16ClN5O4S/c19-13-3-1-2-12(8-13)4-6-15-17-18(22-10-21-15)24(11-23-17)16-7-5-14(28-16)9-27-29(20,25)26/h1-3,8,10-11,14,16H,5,7,9H2,(H2,20,25,26)/t14-,16+/m0/s1. The van der Waals surface area contributed by atoms with Gasteiger partial charge in [0.05, 0.1) is 19.0 Å². The number of ether oxygens (including phenoxy) is 1. The van der Waals surface area contributed by atoms with Gasteiger partial charge in [-0.1, -0.05) is 23.6 Å². The molecule has 9 nitrogen and oxygen atoms in total. The minimum atomic E-state index is -4.00. The predicted molar refractivity (Wildman–Crippen MR) is 105 cm³/mol. The van der Waals surface area contributed by atoms with Gasteiger partial charge in [-0.25, -0.2) is 20.1 Å². The summed E-state index contributed by atoms with van der Waals surface area (Å²) in [4.78, 5) is 12.9. The Balaban J connectivity index is 1.56. The summed E-state index contributed by atoms with van der Waals surface area (Å²) >= 11 is 5.98. The topological polar surface area (TPSA) is 122 Å². The second-order valence-corrected chi connectivity index (χ2v) is 8.03. The second-order valence-electron chi connectivity index (χ2n) is 6.37. The summed E-state index contributed by atoms with van der Waals surface area (Å²) in [7, 11) is -4.00. The maximum absolute atomic E-state index is 10.9. The van der Waals surface area contributed by atoms with Crippen LogP contribution >= 0.6 is 11.6 Å². The number of hydrogen-bond donors (Lipinski definition) is 1. The summed E-state index contributed by atoms with van der Waals surface area (Å²) in [6, 6.07) is 7.22. The second kappa shape index (κ2) is 8.06. The van der Waals surface area contributed by atoms with E-state index in [0.29, 0.717) is 34.7 Å². The fraction of sp³-hybridized carbons (Fsp3) is 0.278. The zero-order valence-corrected chi connectivity index (χ0v) is 16.6. The molecule has 4 rings (SSSR count). The Labute approximate surface area is 172 Å². The van der Waals surface area contributed by atoms with Crippen molar-refractivity contribution in [1.29, 1.82) is 0 Å². The summed E-state index contributed by atoms with van der Waals surface area (Å²) in [5, 5.41) is 5.46. The molecule has 0 bridgehead atoms. The van der Waals surface area contributed by atoms with Gasteiger partial charge < -0.3 is 4.74 Å². The number of rotatable bonds is 4. The molecule has 0 radical (unpaired) electrons. The monoisotopic (exact) mass is 433 g/mol. The lowest BCUT2D eigenvalue weighted by Gasteiger charge is -2.14. The van der Waals surface area contributed by atoms with Crippen LogP contribution in [-0.2, 0) is 19.2 Å². The lowest BCUT2D eigenvalue weighted by Crippen LogP contribution is -2.23. The minimum absolute atomic E-state index is 0.132. The summed E-state index contributed by atoms with van der Waals surface area (Å²) < 4.78 is 34.1. The SMILES string of the molecule is NS(=O)(=O)OC[C@@H]1CC[C@H](n2cnc3c(C#Cc4cccc(Cl)c4)ncnc32)O1. The largest absolute Gasteiger partial charge is 0.352 e. The van der Waals surface area contributed by atoms with Gasteiger partial charge in [0, 0.05) is 10.6 Å². The van der Waals surface area contributed by atoms with Crippen LogP contribution in [0.1, 0.15) is 30.3 Å². The van der Waals surface area contributed by atoms with E-state index >= 15 is 0 Å². The van der Waals surface area contributed by atoms with Gasteiger partial charge >= 0.3 is 10.3 Å². The molecular weight excluding hydrogens is 418 g/mol. The number of hydrogen-bond acceptors (Lipinski definition) is 7. The Hall–Kier alpha value is -2.55. The van der Waals surface area contributed by atoms with E-state index in [2.05, 4.69) is 31.0 Å². The van der Waals surface area contributed by atoms with Gasteiger partial charge in [0.1, 0.15) is 23.8 Å². The van der Waals surface area contributed by atoms with Crippen molar-refractivity contribution in [3.8, 4) is 11.8 Å².